The van der Waals surface area contributed by atoms with Gasteiger partial charge in [-0.3, -0.25) is 0 Å². The molecule has 9 nitrogen and oxygen atoms in total. The van der Waals surface area contributed by atoms with Crippen molar-refractivity contribution in [2.45, 2.75) is 5.92 Å². The van der Waals surface area contributed by atoms with E-state index in [0.29, 0.717) is 39.7 Å². The molecule has 2 aromatic carbocycles. The second-order valence-electron chi connectivity index (χ2n) is 8.12. The summed E-state index contributed by atoms with van der Waals surface area (Å²) in [7, 11) is 1.76. The minimum atomic E-state index is -0.503. The third-order valence-corrected chi connectivity index (χ3v) is 6.09. The number of nitrogens with two attached hydrogens (primary N) is 1. The first-order valence-corrected chi connectivity index (χ1v) is 10.7. The molecule has 35 heavy (non-hydrogen) atoms. The Morgan fingerprint density at radius 2 is 2.00 bits per heavy atom. The number of hydrogen-bond donors (Lipinski definition) is 1. The first kappa shape index (κ1) is 20.3. The highest BCUT2D eigenvalue weighted by Gasteiger charge is 2.37. The van der Waals surface area contributed by atoms with Gasteiger partial charge in [-0.25, -0.2) is 14.5 Å². The Morgan fingerprint density at radius 1 is 1.17 bits per heavy atom. The van der Waals surface area contributed by atoms with Crippen LogP contribution >= 0.6 is 0 Å². The molecular weight excluding hydrogens is 442 g/mol. The lowest BCUT2D eigenvalue weighted by molar-refractivity contribution is 0.358. The van der Waals surface area contributed by atoms with Gasteiger partial charge >= 0.3 is 0 Å². The highest BCUT2D eigenvalue weighted by Crippen LogP contribution is 2.47. The number of ether oxygens (including phenoxy) is 1. The summed E-state index contributed by atoms with van der Waals surface area (Å²) < 4.78 is 15.5. The average molecular weight is 459 g/mol. The molecule has 0 fully saturated rings. The van der Waals surface area contributed by atoms with E-state index in [0.717, 1.165) is 16.6 Å². The van der Waals surface area contributed by atoms with E-state index in [1.54, 1.807) is 42.5 Å². The number of aromatic nitrogens is 4. The second kappa shape index (κ2) is 7.65. The van der Waals surface area contributed by atoms with Crippen LogP contribution in [0.25, 0.3) is 33.0 Å². The summed E-state index contributed by atoms with van der Waals surface area (Å²) in [6.07, 6.45) is 5.30. The Bertz CT molecular complexity index is 1710. The Labute approximate surface area is 199 Å². The third kappa shape index (κ3) is 3.15. The molecule has 1 aliphatic rings. The molecule has 5 aromatic rings. The number of imidazole rings is 1. The molecule has 0 amide bonds. The molecule has 0 spiro atoms. The molecule has 3 aromatic heterocycles. The van der Waals surface area contributed by atoms with Crippen molar-refractivity contribution in [2.24, 2.45) is 12.8 Å². The molecule has 0 bridgehead atoms. The van der Waals surface area contributed by atoms with Crippen LogP contribution in [0.1, 0.15) is 17.0 Å². The van der Waals surface area contributed by atoms with Crippen LogP contribution in [-0.2, 0) is 7.05 Å². The van der Waals surface area contributed by atoms with Crippen molar-refractivity contribution in [1.82, 2.24) is 19.3 Å². The smallest absolute Gasteiger partial charge is 0.224 e. The van der Waals surface area contributed by atoms with E-state index in [9.17, 15) is 5.26 Å². The lowest BCUT2D eigenvalue weighted by Gasteiger charge is -2.24. The van der Waals surface area contributed by atoms with Crippen LogP contribution in [0, 0.1) is 17.9 Å². The van der Waals surface area contributed by atoms with Gasteiger partial charge in [0.15, 0.2) is 11.4 Å². The van der Waals surface area contributed by atoms with Crippen molar-refractivity contribution >= 4 is 16.7 Å². The molecule has 0 radical (unpaired) electrons. The van der Waals surface area contributed by atoms with Crippen molar-refractivity contribution in [3.8, 4) is 29.1 Å². The van der Waals surface area contributed by atoms with Gasteiger partial charge in [0, 0.05) is 30.5 Å². The number of aryl methyl sites for hydroxylation is 1. The molecule has 168 valence electrons. The van der Waals surface area contributed by atoms with Gasteiger partial charge in [-0.05, 0) is 35.9 Å². The summed E-state index contributed by atoms with van der Waals surface area (Å²) in [6, 6.07) is 17.2. The SMILES string of the molecule is [C-]#[N+]c1ccc2oc(-c3nn(C)c4c3C(c3ccc(-n5ccnc5)cc3)C(C#N)=C(N)O4)cc2c1. The molecule has 1 aliphatic heterocycles. The number of furan rings is 1. The molecule has 6 rings (SSSR count). The summed E-state index contributed by atoms with van der Waals surface area (Å²) in [5.41, 5.74) is 10.7. The zero-order chi connectivity index (χ0) is 24.1. The largest absolute Gasteiger partial charge is 0.454 e. The lowest BCUT2D eigenvalue weighted by Crippen LogP contribution is -2.21. The maximum absolute atomic E-state index is 10.0. The number of fused-ring (bicyclic) bond motifs is 2. The molecule has 0 aliphatic carbocycles. The molecule has 2 N–H and O–H groups in total. The fourth-order valence-corrected chi connectivity index (χ4v) is 4.45. The van der Waals surface area contributed by atoms with Gasteiger partial charge in [0.05, 0.1) is 24.4 Å². The van der Waals surface area contributed by atoms with Crippen molar-refractivity contribution in [1.29, 1.82) is 5.26 Å². The van der Waals surface area contributed by atoms with Gasteiger partial charge in [0.25, 0.3) is 0 Å². The van der Waals surface area contributed by atoms with Crippen molar-refractivity contribution in [3.05, 3.63) is 101 Å². The lowest BCUT2D eigenvalue weighted by atomic mass is 9.83. The minimum Gasteiger partial charge on any atom is -0.454 e. The predicted molar refractivity (Wildman–Crippen MR) is 128 cm³/mol. The third-order valence-electron chi connectivity index (χ3n) is 6.09. The Balaban J connectivity index is 1.53. The molecule has 9 heteroatoms. The number of nitriles is 1. The number of benzene rings is 2. The molecule has 1 atom stereocenters. The van der Waals surface area contributed by atoms with Crippen LogP contribution in [0.3, 0.4) is 0 Å². The summed E-state index contributed by atoms with van der Waals surface area (Å²) >= 11 is 0. The minimum absolute atomic E-state index is 0.0459. The fraction of sp³-hybridized carbons (Fsp3) is 0.0769. The van der Waals surface area contributed by atoms with Crippen LogP contribution in [0.2, 0.25) is 0 Å². The van der Waals surface area contributed by atoms with Crippen molar-refractivity contribution in [2.75, 3.05) is 0 Å². The van der Waals surface area contributed by atoms with Gasteiger partial charge in [-0.2, -0.15) is 10.4 Å². The highest BCUT2D eigenvalue weighted by molar-refractivity contribution is 5.86. The van der Waals surface area contributed by atoms with Gasteiger partial charge in [0.1, 0.15) is 22.9 Å². The summed E-state index contributed by atoms with van der Waals surface area (Å²) in [5.74, 6) is 0.503. The van der Waals surface area contributed by atoms with Crippen LogP contribution in [0.4, 0.5) is 5.69 Å². The molecule has 0 saturated heterocycles. The Hall–Kier alpha value is -5.28. The van der Waals surface area contributed by atoms with Crippen LogP contribution in [-0.4, -0.2) is 19.3 Å². The van der Waals surface area contributed by atoms with Crippen molar-refractivity contribution < 1.29 is 9.15 Å². The van der Waals surface area contributed by atoms with E-state index in [1.165, 1.54) is 0 Å². The zero-order valence-electron chi connectivity index (χ0n) is 18.5. The molecule has 0 saturated carbocycles. The molecule has 4 heterocycles. The Kier molecular flexibility index (Phi) is 4.44. The molecule has 1 unspecified atom stereocenters. The van der Waals surface area contributed by atoms with Crippen LogP contribution < -0.4 is 10.5 Å². The van der Waals surface area contributed by atoms with E-state index >= 15 is 0 Å². The first-order valence-electron chi connectivity index (χ1n) is 10.7. The number of rotatable bonds is 3. The second-order valence-corrected chi connectivity index (χ2v) is 8.12. The predicted octanol–water partition coefficient (Wildman–Crippen LogP) is 4.79. The zero-order valence-corrected chi connectivity index (χ0v) is 18.5. The van der Waals surface area contributed by atoms with E-state index < -0.39 is 5.92 Å². The van der Waals surface area contributed by atoms with Gasteiger partial charge < -0.3 is 19.5 Å². The summed E-state index contributed by atoms with van der Waals surface area (Å²) in [6.45, 7) is 7.27. The summed E-state index contributed by atoms with van der Waals surface area (Å²) in [5, 5.41) is 15.5. The van der Waals surface area contributed by atoms with E-state index in [1.807, 2.05) is 41.1 Å². The van der Waals surface area contributed by atoms with Crippen molar-refractivity contribution in [3.63, 3.8) is 0 Å². The Morgan fingerprint density at radius 3 is 2.71 bits per heavy atom. The van der Waals surface area contributed by atoms with E-state index in [2.05, 4.69) is 21.0 Å². The number of hydrogen-bond acceptors (Lipinski definition) is 6. The first-order chi connectivity index (χ1) is 17.1. The average Bonchev–Trinajstić information content (AvgIpc) is 3.62. The monoisotopic (exact) mass is 459 g/mol. The standard InChI is InChI=1S/C26H17N7O2/c1-29-17-5-8-20-16(11-17)12-21(34-20)24-23-22(19(13-27)25(28)35-26(23)32(2)31-24)15-3-6-18(7-4-15)33-10-9-30-14-33/h3-12,14,22H,28H2,2H3. The molecular formula is C26H17N7O2. The number of allylic oxidation sites excluding steroid dienone is 1. The number of nitrogens with zero attached hydrogens (tertiary/aromatic N) is 6. The maximum atomic E-state index is 10.0. The maximum Gasteiger partial charge on any atom is 0.224 e. The highest BCUT2D eigenvalue weighted by atomic mass is 16.5. The van der Waals surface area contributed by atoms with E-state index in [-0.39, 0.29) is 5.88 Å². The van der Waals surface area contributed by atoms with Gasteiger partial charge in [-0.1, -0.05) is 18.2 Å². The van der Waals surface area contributed by atoms with E-state index in [4.69, 9.17) is 21.5 Å². The van der Waals surface area contributed by atoms with Crippen LogP contribution in [0.15, 0.2) is 83.1 Å². The van der Waals surface area contributed by atoms with Crippen LogP contribution in [0.5, 0.6) is 5.88 Å². The summed E-state index contributed by atoms with van der Waals surface area (Å²) in [4.78, 5) is 7.58. The van der Waals surface area contributed by atoms with Gasteiger partial charge in [0.2, 0.25) is 11.8 Å². The fourth-order valence-electron chi connectivity index (χ4n) is 4.45. The quantitative estimate of drug-likeness (QED) is 0.388. The topological polar surface area (TPSA) is 112 Å². The normalized spacial score (nSPS) is 14.9. The van der Waals surface area contributed by atoms with Gasteiger partial charge in [-0.15, -0.1) is 0 Å².